The monoisotopic (exact) mass is 669 g/mol. The van der Waals surface area contributed by atoms with Crippen LogP contribution in [0.4, 0.5) is 5.69 Å². The molecule has 1 N–H and O–H groups in total. The lowest BCUT2D eigenvalue weighted by Crippen LogP contribution is -2.53. The number of rotatable bonds is 10. The Bertz CT molecular complexity index is 1530. The molecule has 0 spiro atoms. The van der Waals surface area contributed by atoms with Crippen LogP contribution in [0.3, 0.4) is 0 Å². The van der Waals surface area contributed by atoms with Gasteiger partial charge in [-0.05, 0) is 61.7 Å². The summed E-state index contributed by atoms with van der Waals surface area (Å²) in [5.41, 5.74) is 0.579. The normalized spacial score (nSPS) is 14.7. The number of hydrogen-bond acceptors (Lipinski definition) is 4. The molecule has 1 fully saturated rings. The zero-order valence-corrected chi connectivity index (χ0v) is 26.7. The fourth-order valence-electron chi connectivity index (χ4n) is 4.90. The van der Waals surface area contributed by atoms with E-state index < -0.39 is 28.5 Å². The van der Waals surface area contributed by atoms with Crippen LogP contribution in [0, 0.1) is 0 Å². The Labute approximate surface area is 266 Å². The van der Waals surface area contributed by atoms with E-state index in [4.69, 9.17) is 46.4 Å². The van der Waals surface area contributed by atoms with Gasteiger partial charge in [0, 0.05) is 22.6 Å². The Kier molecular flexibility index (Phi) is 11.1. The van der Waals surface area contributed by atoms with E-state index >= 15 is 0 Å². The van der Waals surface area contributed by atoms with Gasteiger partial charge in [0.05, 0.1) is 20.6 Å². The molecular formula is C30H31Cl4N3O4S. The summed E-state index contributed by atoms with van der Waals surface area (Å²) in [6.45, 7) is 0.905. The summed E-state index contributed by atoms with van der Waals surface area (Å²) < 4.78 is 28.7. The van der Waals surface area contributed by atoms with Crippen molar-refractivity contribution in [1.82, 2.24) is 10.2 Å². The third kappa shape index (κ3) is 7.71. The van der Waals surface area contributed by atoms with Crippen LogP contribution in [-0.2, 0) is 26.2 Å². The molecule has 0 radical (unpaired) electrons. The van der Waals surface area contributed by atoms with Crippen molar-refractivity contribution in [1.29, 1.82) is 0 Å². The molecule has 4 rings (SSSR count). The van der Waals surface area contributed by atoms with Crippen molar-refractivity contribution in [2.24, 2.45) is 0 Å². The van der Waals surface area contributed by atoms with E-state index in [0.717, 1.165) is 36.4 Å². The highest BCUT2D eigenvalue weighted by molar-refractivity contribution is 7.92. The molecule has 0 bridgehead atoms. The van der Waals surface area contributed by atoms with Crippen LogP contribution in [0.15, 0.2) is 71.6 Å². The first-order valence-electron chi connectivity index (χ1n) is 13.5. The zero-order valence-electron chi connectivity index (χ0n) is 22.9. The number of amides is 2. The van der Waals surface area contributed by atoms with Crippen molar-refractivity contribution in [2.75, 3.05) is 10.8 Å². The summed E-state index contributed by atoms with van der Waals surface area (Å²) >= 11 is 25.3. The zero-order chi connectivity index (χ0) is 30.4. The van der Waals surface area contributed by atoms with E-state index in [1.807, 2.05) is 0 Å². The summed E-state index contributed by atoms with van der Waals surface area (Å²) in [6, 6.07) is 16.2. The molecular weight excluding hydrogens is 640 g/mol. The average Bonchev–Trinajstić information content (AvgIpc) is 2.97. The molecule has 1 saturated carbocycles. The highest BCUT2D eigenvalue weighted by Gasteiger charge is 2.34. The molecule has 0 heterocycles. The third-order valence-corrected chi connectivity index (χ3v) is 10.5. The Hall–Kier alpha value is -2.49. The van der Waals surface area contributed by atoms with Gasteiger partial charge in [-0.2, -0.15) is 0 Å². The smallest absolute Gasteiger partial charge is 0.264 e. The predicted molar refractivity (Wildman–Crippen MR) is 169 cm³/mol. The minimum absolute atomic E-state index is 0.0185. The summed E-state index contributed by atoms with van der Waals surface area (Å²) in [5, 5.41) is 3.89. The number of hydrogen-bond donors (Lipinski definition) is 1. The molecule has 1 unspecified atom stereocenters. The van der Waals surface area contributed by atoms with Crippen LogP contribution in [0.25, 0.3) is 0 Å². The molecule has 0 aliphatic heterocycles. The summed E-state index contributed by atoms with van der Waals surface area (Å²) in [6.07, 6.45) is 4.90. The van der Waals surface area contributed by atoms with E-state index in [0.29, 0.717) is 15.6 Å². The first-order chi connectivity index (χ1) is 20.0. The SMILES string of the molecule is CC(C(=O)NC1CCCCC1)N(Cc1ccc(Cl)cc1Cl)C(=O)CN(c1cccc(Cl)c1Cl)S(=O)(=O)c1ccccc1. The maximum atomic E-state index is 14.1. The fraction of sp³-hybridized carbons (Fsp3) is 0.333. The molecule has 1 aliphatic carbocycles. The van der Waals surface area contributed by atoms with E-state index in [-0.39, 0.29) is 39.1 Å². The Morgan fingerprint density at radius 3 is 2.26 bits per heavy atom. The molecule has 42 heavy (non-hydrogen) atoms. The molecule has 1 aliphatic rings. The van der Waals surface area contributed by atoms with Gasteiger partial charge in [0.25, 0.3) is 10.0 Å². The standard InChI is InChI=1S/C30H31Cl4N3O4S/c1-20(30(39)35-23-9-4-2-5-10-23)36(18-21-15-16-22(31)17-26(21)33)28(38)19-37(27-14-8-13-25(32)29(27)34)42(40,41)24-11-6-3-7-12-24/h3,6-8,11-17,20,23H,2,4-5,9-10,18-19H2,1H3,(H,35,39). The molecule has 12 heteroatoms. The Morgan fingerprint density at radius 2 is 1.60 bits per heavy atom. The van der Waals surface area contributed by atoms with E-state index in [1.54, 1.807) is 49.4 Å². The van der Waals surface area contributed by atoms with Gasteiger partial charge in [0.2, 0.25) is 11.8 Å². The fourth-order valence-corrected chi connectivity index (χ4v) is 7.27. The quantitative estimate of drug-likeness (QED) is 0.244. The number of carbonyl (C=O) groups is 2. The van der Waals surface area contributed by atoms with E-state index in [2.05, 4.69) is 5.32 Å². The van der Waals surface area contributed by atoms with Crippen molar-refractivity contribution < 1.29 is 18.0 Å². The number of sulfonamides is 1. The Morgan fingerprint density at radius 1 is 0.905 bits per heavy atom. The van der Waals surface area contributed by atoms with Gasteiger partial charge in [-0.1, -0.05) is 96.0 Å². The van der Waals surface area contributed by atoms with Crippen LogP contribution >= 0.6 is 46.4 Å². The minimum Gasteiger partial charge on any atom is -0.352 e. The molecule has 1 atom stereocenters. The van der Waals surface area contributed by atoms with Gasteiger partial charge in [-0.15, -0.1) is 0 Å². The lowest BCUT2D eigenvalue weighted by molar-refractivity contribution is -0.139. The Balaban J connectivity index is 1.72. The van der Waals surface area contributed by atoms with Gasteiger partial charge in [-0.25, -0.2) is 8.42 Å². The van der Waals surface area contributed by atoms with Crippen molar-refractivity contribution in [2.45, 2.75) is 62.6 Å². The lowest BCUT2D eigenvalue weighted by atomic mass is 9.95. The van der Waals surface area contributed by atoms with Gasteiger partial charge in [0.15, 0.2) is 0 Å². The molecule has 3 aromatic rings. The van der Waals surface area contributed by atoms with Crippen LogP contribution in [0.1, 0.15) is 44.6 Å². The summed E-state index contributed by atoms with van der Waals surface area (Å²) in [7, 11) is -4.28. The predicted octanol–water partition coefficient (Wildman–Crippen LogP) is 7.36. The second-order valence-corrected chi connectivity index (χ2v) is 13.7. The van der Waals surface area contributed by atoms with Crippen molar-refractivity contribution in [3.05, 3.63) is 92.4 Å². The maximum Gasteiger partial charge on any atom is 0.264 e. The molecule has 0 aromatic heterocycles. The van der Waals surface area contributed by atoms with Crippen molar-refractivity contribution >= 4 is 73.9 Å². The van der Waals surface area contributed by atoms with Gasteiger partial charge >= 0.3 is 0 Å². The second kappa shape index (κ2) is 14.3. The summed E-state index contributed by atoms with van der Waals surface area (Å²) in [4.78, 5) is 28.8. The topological polar surface area (TPSA) is 86.8 Å². The van der Waals surface area contributed by atoms with Gasteiger partial charge in [0.1, 0.15) is 12.6 Å². The van der Waals surface area contributed by atoms with Gasteiger partial charge < -0.3 is 10.2 Å². The van der Waals surface area contributed by atoms with Crippen molar-refractivity contribution in [3.8, 4) is 0 Å². The van der Waals surface area contributed by atoms with Crippen LogP contribution < -0.4 is 9.62 Å². The number of nitrogens with zero attached hydrogens (tertiary/aromatic N) is 2. The largest absolute Gasteiger partial charge is 0.352 e. The number of anilines is 1. The molecule has 2 amide bonds. The van der Waals surface area contributed by atoms with Gasteiger partial charge in [-0.3, -0.25) is 13.9 Å². The minimum atomic E-state index is -4.28. The van der Waals surface area contributed by atoms with Crippen LogP contribution in [0.2, 0.25) is 20.1 Å². The molecule has 224 valence electrons. The summed E-state index contributed by atoms with van der Waals surface area (Å²) in [5.74, 6) is -0.971. The maximum absolute atomic E-state index is 14.1. The highest BCUT2D eigenvalue weighted by atomic mass is 35.5. The first-order valence-corrected chi connectivity index (χ1v) is 16.5. The second-order valence-electron chi connectivity index (χ2n) is 10.2. The lowest BCUT2D eigenvalue weighted by Gasteiger charge is -2.33. The number of halogens is 4. The van der Waals surface area contributed by atoms with Crippen molar-refractivity contribution in [3.63, 3.8) is 0 Å². The average molecular weight is 671 g/mol. The molecule has 7 nitrogen and oxygen atoms in total. The third-order valence-electron chi connectivity index (χ3n) is 7.28. The van der Waals surface area contributed by atoms with Crippen LogP contribution in [0.5, 0.6) is 0 Å². The van der Waals surface area contributed by atoms with E-state index in [1.165, 1.54) is 29.2 Å². The first kappa shape index (κ1) is 32.4. The number of benzene rings is 3. The van der Waals surface area contributed by atoms with E-state index in [9.17, 15) is 18.0 Å². The van der Waals surface area contributed by atoms with Crippen LogP contribution in [-0.4, -0.2) is 43.8 Å². The number of nitrogens with one attached hydrogen (secondary N) is 1. The number of carbonyl (C=O) groups excluding carboxylic acids is 2. The molecule has 0 saturated heterocycles. The molecule has 3 aromatic carbocycles. The highest BCUT2D eigenvalue weighted by Crippen LogP contribution is 2.35.